The molecule has 0 bridgehead atoms. The van der Waals surface area contributed by atoms with Crippen LogP contribution in [0.5, 0.6) is 0 Å². The van der Waals surface area contributed by atoms with E-state index in [-0.39, 0.29) is 0 Å². The summed E-state index contributed by atoms with van der Waals surface area (Å²) in [4.78, 5) is 11.2. The van der Waals surface area contributed by atoms with Crippen molar-refractivity contribution in [1.82, 2.24) is 9.78 Å². The van der Waals surface area contributed by atoms with E-state index in [1.807, 2.05) is 37.3 Å². The average molecular weight is 354 g/mol. The first-order valence-corrected chi connectivity index (χ1v) is 7.53. The van der Waals surface area contributed by atoms with Crippen LogP contribution in [-0.2, 0) is 6.54 Å². The van der Waals surface area contributed by atoms with Crippen LogP contribution in [0.1, 0.15) is 27.2 Å². The molecule has 3 aromatic rings. The number of nitriles is 1. The van der Waals surface area contributed by atoms with Crippen LogP contribution < -0.4 is 0 Å². The molecule has 1 heterocycles. The van der Waals surface area contributed by atoms with Crippen LogP contribution >= 0.6 is 15.9 Å². The van der Waals surface area contributed by atoms with Gasteiger partial charge in [0, 0.05) is 9.86 Å². The Bertz CT molecular complexity index is 922. The summed E-state index contributed by atoms with van der Waals surface area (Å²) in [5.41, 5.74) is 3.86. The molecule has 22 heavy (non-hydrogen) atoms. The lowest BCUT2D eigenvalue weighted by molar-refractivity contribution is 0.111. The van der Waals surface area contributed by atoms with Crippen molar-refractivity contribution in [2.75, 3.05) is 0 Å². The van der Waals surface area contributed by atoms with E-state index in [9.17, 15) is 10.1 Å². The van der Waals surface area contributed by atoms with Crippen LogP contribution in [0.15, 0.2) is 40.9 Å². The maximum atomic E-state index is 11.2. The van der Waals surface area contributed by atoms with Crippen molar-refractivity contribution in [2.24, 2.45) is 0 Å². The number of carbonyl (C=O) groups is 1. The molecule has 3 rings (SSSR count). The number of rotatable bonds is 3. The maximum Gasteiger partial charge on any atom is 0.170 e. The third-order valence-corrected chi connectivity index (χ3v) is 4.19. The molecule has 0 aliphatic heterocycles. The highest BCUT2D eigenvalue weighted by Gasteiger charge is 2.13. The molecule has 0 aliphatic rings. The average Bonchev–Trinajstić information content (AvgIpc) is 2.86. The van der Waals surface area contributed by atoms with Gasteiger partial charge in [-0.25, -0.2) is 0 Å². The molecule has 0 aliphatic carbocycles. The van der Waals surface area contributed by atoms with E-state index in [4.69, 9.17) is 0 Å². The van der Waals surface area contributed by atoms with Gasteiger partial charge in [-0.1, -0.05) is 28.1 Å². The van der Waals surface area contributed by atoms with Crippen LogP contribution in [0.2, 0.25) is 0 Å². The van der Waals surface area contributed by atoms with Gasteiger partial charge in [-0.2, -0.15) is 10.4 Å². The SMILES string of the molecule is Cc1cccc(C#N)c1Cn1nc(C=O)c2ccc(Br)cc21. The first kappa shape index (κ1) is 14.5. The molecular weight excluding hydrogens is 342 g/mol. The number of hydrogen-bond acceptors (Lipinski definition) is 3. The fourth-order valence-electron chi connectivity index (χ4n) is 2.55. The molecular formula is C17H12BrN3O. The molecule has 0 N–H and O–H groups in total. The topological polar surface area (TPSA) is 58.7 Å². The first-order chi connectivity index (χ1) is 10.6. The Morgan fingerprint density at radius 1 is 1.36 bits per heavy atom. The second-order valence-electron chi connectivity index (χ2n) is 5.04. The molecule has 0 spiro atoms. The van der Waals surface area contributed by atoms with Crippen molar-refractivity contribution in [3.63, 3.8) is 0 Å². The summed E-state index contributed by atoms with van der Waals surface area (Å²) in [6.45, 7) is 2.43. The predicted molar refractivity (Wildman–Crippen MR) is 87.8 cm³/mol. The van der Waals surface area contributed by atoms with E-state index in [0.717, 1.165) is 32.8 Å². The maximum absolute atomic E-state index is 11.2. The zero-order valence-electron chi connectivity index (χ0n) is 11.9. The number of fused-ring (bicyclic) bond motifs is 1. The molecule has 1 aromatic heterocycles. The minimum absolute atomic E-state index is 0.412. The van der Waals surface area contributed by atoms with Crippen LogP contribution in [0.4, 0.5) is 0 Å². The van der Waals surface area contributed by atoms with Gasteiger partial charge >= 0.3 is 0 Å². The predicted octanol–water partition coefficient (Wildman–Crippen LogP) is 3.84. The summed E-state index contributed by atoms with van der Waals surface area (Å²) in [6.07, 6.45) is 0.760. The zero-order valence-corrected chi connectivity index (χ0v) is 13.5. The Morgan fingerprint density at radius 2 is 2.18 bits per heavy atom. The molecule has 0 atom stereocenters. The number of aromatic nitrogens is 2. The molecule has 0 fully saturated rings. The summed E-state index contributed by atoms with van der Waals surface area (Å²) >= 11 is 3.44. The number of aldehydes is 1. The van der Waals surface area contributed by atoms with Crippen LogP contribution in [-0.4, -0.2) is 16.1 Å². The zero-order chi connectivity index (χ0) is 15.7. The fraction of sp³-hybridized carbons (Fsp3) is 0.118. The van der Waals surface area contributed by atoms with E-state index in [0.29, 0.717) is 17.8 Å². The molecule has 108 valence electrons. The van der Waals surface area contributed by atoms with Gasteiger partial charge in [0.25, 0.3) is 0 Å². The van der Waals surface area contributed by atoms with Gasteiger partial charge < -0.3 is 0 Å². The number of carbonyl (C=O) groups excluding carboxylic acids is 1. The summed E-state index contributed by atoms with van der Waals surface area (Å²) in [7, 11) is 0. The second kappa shape index (κ2) is 5.74. The van der Waals surface area contributed by atoms with Crippen molar-refractivity contribution in [1.29, 1.82) is 5.26 Å². The van der Waals surface area contributed by atoms with Crippen LogP contribution in [0, 0.1) is 18.3 Å². The molecule has 0 amide bonds. The summed E-state index contributed by atoms with van der Waals surface area (Å²) < 4.78 is 2.69. The largest absolute Gasteiger partial charge is 0.296 e. The number of nitrogens with zero attached hydrogens (tertiary/aromatic N) is 3. The third-order valence-electron chi connectivity index (χ3n) is 3.69. The van der Waals surface area contributed by atoms with Gasteiger partial charge in [0.1, 0.15) is 5.69 Å². The molecule has 0 saturated heterocycles. The lowest BCUT2D eigenvalue weighted by Gasteiger charge is -2.09. The lowest BCUT2D eigenvalue weighted by atomic mass is 10.0. The Balaban J connectivity index is 2.18. The normalized spacial score (nSPS) is 10.6. The van der Waals surface area contributed by atoms with E-state index in [1.54, 1.807) is 10.7 Å². The van der Waals surface area contributed by atoms with Gasteiger partial charge in [-0.15, -0.1) is 0 Å². The number of hydrogen-bond donors (Lipinski definition) is 0. The molecule has 0 unspecified atom stereocenters. The highest BCUT2D eigenvalue weighted by atomic mass is 79.9. The van der Waals surface area contributed by atoms with E-state index < -0.39 is 0 Å². The van der Waals surface area contributed by atoms with Gasteiger partial charge in [0.15, 0.2) is 6.29 Å². The number of halogens is 1. The fourth-order valence-corrected chi connectivity index (χ4v) is 2.90. The van der Waals surface area contributed by atoms with Crippen molar-refractivity contribution in [2.45, 2.75) is 13.5 Å². The molecule has 5 heteroatoms. The smallest absolute Gasteiger partial charge is 0.170 e. The minimum atomic E-state index is 0.412. The Hall–Kier alpha value is -2.45. The molecule has 0 radical (unpaired) electrons. The first-order valence-electron chi connectivity index (χ1n) is 6.74. The summed E-state index contributed by atoms with van der Waals surface area (Å²) in [6, 6.07) is 13.5. The molecule has 0 saturated carbocycles. The lowest BCUT2D eigenvalue weighted by Crippen LogP contribution is -2.06. The van der Waals surface area contributed by atoms with Gasteiger partial charge in [0.05, 0.1) is 23.7 Å². The Labute approximate surface area is 136 Å². The number of benzene rings is 2. The van der Waals surface area contributed by atoms with Crippen molar-refractivity contribution < 1.29 is 4.79 Å². The van der Waals surface area contributed by atoms with E-state index in [1.165, 1.54) is 0 Å². The monoisotopic (exact) mass is 353 g/mol. The summed E-state index contributed by atoms with van der Waals surface area (Å²) in [5, 5.41) is 14.5. The quantitative estimate of drug-likeness (QED) is 0.672. The standard InChI is InChI=1S/C17H12BrN3O/c1-11-3-2-4-12(8-19)15(11)9-21-17-7-13(18)5-6-14(17)16(10-22)20-21/h2-7,10H,9H2,1H3. The molecule has 4 nitrogen and oxygen atoms in total. The van der Waals surface area contributed by atoms with E-state index >= 15 is 0 Å². The Kier molecular flexibility index (Phi) is 3.78. The van der Waals surface area contributed by atoms with Gasteiger partial charge in [-0.3, -0.25) is 9.48 Å². The minimum Gasteiger partial charge on any atom is -0.296 e. The van der Waals surface area contributed by atoms with Crippen LogP contribution in [0.25, 0.3) is 10.9 Å². The highest BCUT2D eigenvalue weighted by Crippen LogP contribution is 2.24. The number of aryl methyl sites for hydroxylation is 1. The second-order valence-corrected chi connectivity index (χ2v) is 5.95. The van der Waals surface area contributed by atoms with Gasteiger partial charge in [0.2, 0.25) is 0 Å². The summed E-state index contributed by atoms with van der Waals surface area (Å²) in [5.74, 6) is 0. The Morgan fingerprint density at radius 3 is 2.91 bits per heavy atom. The van der Waals surface area contributed by atoms with Crippen LogP contribution in [0.3, 0.4) is 0 Å². The van der Waals surface area contributed by atoms with Gasteiger partial charge in [-0.05, 0) is 42.3 Å². The van der Waals surface area contributed by atoms with E-state index in [2.05, 4.69) is 27.1 Å². The molecule has 2 aromatic carbocycles. The van der Waals surface area contributed by atoms with Crippen molar-refractivity contribution >= 4 is 33.1 Å². The van der Waals surface area contributed by atoms with Crippen molar-refractivity contribution in [3.8, 4) is 6.07 Å². The van der Waals surface area contributed by atoms with Crippen molar-refractivity contribution in [3.05, 3.63) is 63.3 Å². The third kappa shape index (κ3) is 2.42. The highest BCUT2D eigenvalue weighted by molar-refractivity contribution is 9.10.